The Hall–Kier alpha value is -1.21. The molecule has 6 heteroatoms. The first kappa shape index (κ1) is 22.0. The van der Waals surface area contributed by atoms with E-state index in [1.54, 1.807) is 0 Å². The number of imidazole rings is 1. The number of hydrogen-bond acceptors (Lipinski definition) is 5. The summed E-state index contributed by atoms with van der Waals surface area (Å²) in [5, 5.41) is 11.9. The Morgan fingerprint density at radius 2 is 1.90 bits per heavy atom. The molecule has 0 radical (unpaired) electrons. The average molecular weight is 419 g/mol. The predicted molar refractivity (Wildman–Crippen MR) is 116 cm³/mol. The van der Waals surface area contributed by atoms with Gasteiger partial charge in [-0.25, -0.2) is 4.98 Å². The summed E-state index contributed by atoms with van der Waals surface area (Å²) in [6.07, 6.45) is 12.1. The molecule has 1 aromatic rings. The Morgan fingerprint density at radius 1 is 1.17 bits per heavy atom. The first-order valence-electron chi connectivity index (χ1n) is 11.9. The van der Waals surface area contributed by atoms with Crippen molar-refractivity contribution in [1.82, 2.24) is 9.55 Å². The largest absolute Gasteiger partial charge is 0.388 e. The molecule has 0 saturated heterocycles. The fourth-order valence-corrected chi connectivity index (χ4v) is 5.37. The van der Waals surface area contributed by atoms with Crippen LogP contribution in [0, 0.1) is 11.3 Å². The highest BCUT2D eigenvalue weighted by atomic mass is 16.7. The number of allylic oxidation sites excluding steroid dienone is 1. The number of hydrogen-bond donors (Lipinski definition) is 1. The van der Waals surface area contributed by atoms with Crippen molar-refractivity contribution in [3.8, 4) is 0 Å². The van der Waals surface area contributed by atoms with Crippen LogP contribution in [-0.4, -0.2) is 53.5 Å². The number of aliphatic hydroxyl groups excluding tert-OH is 1. The van der Waals surface area contributed by atoms with E-state index in [0.29, 0.717) is 32.3 Å². The summed E-state index contributed by atoms with van der Waals surface area (Å²) >= 11 is 0. The van der Waals surface area contributed by atoms with Crippen molar-refractivity contribution in [3.63, 3.8) is 0 Å². The van der Waals surface area contributed by atoms with Crippen LogP contribution >= 0.6 is 0 Å². The molecule has 0 bridgehead atoms. The molecule has 2 heterocycles. The van der Waals surface area contributed by atoms with Crippen LogP contribution in [0.3, 0.4) is 0 Å². The van der Waals surface area contributed by atoms with E-state index in [0.717, 1.165) is 49.9 Å². The third kappa shape index (κ3) is 4.67. The van der Waals surface area contributed by atoms with Crippen LogP contribution in [-0.2, 0) is 20.8 Å². The van der Waals surface area contributed by atoms with Gasteiger partial charge in [0.2, 0.25) is 0 Å². The molecule has 6 nitrogen and oxygen atoms in total. The first-order valence-corrected chi connectivity index (χ1v) is 11.9. The smallest absolute Gasteiger partial charge is 0.180 e. The topological polar surface area (TPSA) is 65.7 Å². The normalized spacial score (nSPS) is 22.4. The average Bonchev–Trinajstić information content (AvgIpc) is 3.50. The van der Waals surface area contributed by atoms with Crippen molar-refractivity contribution in [3.05, 3.63) is 23.8 Å². The van der Waals surface area contributed by atoms with Gasteiger partial charge in [0.25, 0.3) is 0 Å². The van der Waals surface area contributed by atoms with Crippen molar-refractivity contribution in [2.45, 2.75) is 84.2 Å². The van der Waals surface area contributed by atoms with Crippen molar-refractivity contribution in [1.29, 1.82) is 0 Å². The summed E-state index contributed by atoms with van der Waals surface area (Å²) in [5.74, 6) is 0.653. The molecule has 1 aliphatic heterocycles. The highest BCUT2D eigenvalue weighted by Crippen LogP contribution is 2.50. The second-order valence-electron chi connectivity index (χ2n) is 9.12. The molecule has 1 aromatic heterocycles. The highest BCUT2D eigenvalue weighted by Gasteiger charge is 2.45. The maximum atomic E-state index is 11.9. The molecule has 0 amide bonds. The summed E-state index contributed by atoms with van der Waals surface area (Å²) in [5.41, 5.74) is 3.49. The SMILES string of the molecule is CCOC(COCC1(C(O)C2=C(C3CC3)CCn3cncc32)CCCCC1)OCC. The molecule has 0 spiro atoms. The minimum absolute atomic E-state index is 0.247. The summed E-state index contributed by atoms with van der Waals surface area (Å²) < 4.78 is 19.7. The minimum atomic E-state index is -0.512. The van der Waals surface area contributed by atoms with Gasteiger partial charge in [0, 0.05) is 30.7 Å². The molecule has 0 aromatic carbocycles. The number of ether oxygens (including phenoxy) is 3. The number of aromatic nitrogens is 2. The predicted octanol–water partition coefficient (Wildman–Crippen LogP) is 4.18. The third-order valence-electron chi connectivity index (χ3n) is 7.08. The lowest BCUT2D eigenvalue weighted by atomic mass is 9.67. The van der Waals surface area contributed by atoms with Crippen LogP contribution in [0.4, 0.5) is 0 Å². The van der Waals surface area contributed by atoms with Crippen LogP contribution in [0.1, 0.15) is 70.9 Å². The lowest BCUT2D eigenvalue weighted by Gasteiger charge is -2.43. The molecule has 4 rings (SSSR count). The summed E-state index contributed by atoms with van der Waals surface area (Å²) in [7, 11) is 0. The van der Waals surface area contributed by atoms with E-state index in [-0.39, 0.29) is 11.7 Å². The van der Waals surface area contributed by atoms with E-state index >= 15 is 0 Å². The van der Waals surface area contributed by atoms with Crippen molar-refractivity contribution < 1.29 is 19.3 Å². The zero-order chi connectivity index (χ0) is 21.0. The highest BCUT2D eigenvalue weighted by molar-refractivity contribution is 5.72. The Kier molecular flexibility index (Phi) is 7.29. The second-order valence-corrected chi connectivity index (χ2v) is 9.12. The molecule has 1 atom stereocenters. The van der Waals surface area contributed by atoms with Gasteiger partial charge in [0.05, 0.1) is 37.5 Å². The van der Waals surface area contributed by atoms with E-state index in [1.165, 1.54) is 24.8 Å². The lowest BCUT2D eigenvalue weighted by molar-refractivity contribution is -0.177. The van der Waals surface area contributed by atoms with Crippen LogP contribution in [0.25, 0.3) is 5.57 Å². The van der Waals surface area contributed by atoms with Crippen LogP contribution in [0.2, 0.25) is 0 Å². The zero-order valence-electron chi connectivity index (χ0n) is 18.6. The van der Waals surface area contributed by atoms with Crippen molar-refractivity contribution in [2.24, 2.45) is 11.3 Å². The maximum Gasteiger partial charge on any atom is 0.180 e. The quantitative estimate of drug-likeness (QED) is 0.546. The van der Waals surface area contributed by atoms with Gasteiger partial charge < -0.3 is 23.9 Å². The number of rotatable bonds is 11. The third-order valence-corrected chi connectivity index (χ3v) is 7.08. The van der Waals surface area contributed by atoms with Gasteiger partial charge in [0.15, 0.2) is 6.29 Å². The summed E-state index contributed by atoms with van der Waals surface area (Å²) in [4.78, 5) is 4.40. The molecule has 168 valence electrons. The van der Waals surface area contributed by atoms with E-state index in [4.69, 9.17) is 14.2 Å². The maximum absolute atomic E-state index is 11.9. The second kappa shape index (κ2) is 9.94. The Bertz CT molecular complexity index is 713. The molecule has 3 aliphatic rings. The standard InChI is InChI=1S/C24H38N2O4/c1-3-29-21(30-4-2)15-28-16-24(11-6-5-7-12-24)23(27)22-19(18-8-9-18)10-13-26-17-25-14-20(22)26/h14,17-18,21,23,27H,3-13,15-16H2,1-2H3. The van der Waals surface area contributed by atoms with Crippen molar-refractivity contribution >= 4 is 5.57 Å². The molecule has 2 saturated carbocycles. The van der Waals surface area contributed by atoms with Gasteiger partial charge in [-0.05, 0) is 51.9 Å². The van der Waals surface area contributed by atoms with Gasteiger partial charge in [-0.15, -0.1) is 0 Å². The fraction of sp³-hybridized carbons (Fsp3) is 0.792. The monoisotopic (exact) mass is 418 g/mol. The summed E-state index contributed by atoms with van der Waals surface area (Å²) in [6, 6.07) is 0. The van der Waals surface area contributed by atoms with Gasteiger partial charge in [0.1, 0.15) is 0 Å². The van der Waals surface area contributed by atoms with Crippen LogP contribution in [0.5, 0.6) is 0 Å². The van der Waals surface area contributed by atoms with E-state index in [1.807, 2.05) is 26.4 Å². The van der Waals surface area contributed by atoms with Gasteiger partial charge in [-0.2, -0.15) is 0 Å². The Balaban J connectivity index is 1.55. The molecular formula is C24H38N2O4. The van der Waals surface area contributed by atoms with E-state index in [9.17, 15) is 5.11 Å². The van der Waals surface area contributed by atoms with E-state index in [2.05, 4.69) is 9.55 Å². The Labute approximate surface area is 180 Å². The first-order chi connectivity index (χ1) is 14.7. The van der Waals surface area contributed by atoms with Crippen LogP contribution in [0.15, 0.2) is 18.1 Å². The van der Waals surface area contributed by atoms with Crippen LogP contribution < -0.4 is 0 Å². The van der Waals surface area contributed by atoms with Gasteiger partial charge >= 0.3 is 0 Å². The number of nitrogens with zero attached hydrogens (tertiary/aromatic N) is 2. The lowest BCUT2D eigenvalue weighted by Crippen LogP contribution is -2.44. The number of aryl methyl sites for hydroxylation is 1. The molecule has 2 fully saturated rings. The fourth-order valence-electron chi connectivity index (χ4n) is 5.37. The molecule has 2 aliphatic carbocycles. The molecule has 30 heavy (non-hydrogen) atoms. The molecule has 1 N–H and O–H groups in total. The van der Waals surface area contributed by atoms with Gasteiger partial charge in [-0.3, -0.25) is 0 Å². The number of fused-ring (bicyclic) bond motifs is 1. The van der Waals surface area contributed by atoms with Gasteiger partial charge in [-0.1, -0.05) is 24.8 Å². The minimum Gasteiger partial charge on any atom is -0.388 e. The summed E-state index contributed by atoms with van der Waals surface area (Å²) in [6.45, 7) is 7.06. The van der Waals surface area contributed by atoms with Crippen molar-refractivity contribution in [2.75, 3.05) is 26.4 Å². The molecular weight excluding hydrogens is 380 g/mol. The zero-order valence-corrected chi connectivity index (χ0v) is 18.6. The Morgan fingerprint density at radius 3 is 2.57 bits per heavy atom. The van der Waals surface area contributed by atoms with E-state index < -0.39 is 6.10 Å². The molecule has 1 unspecified atom stereocenters. The number of aliphatic hydroxyl groups is 1.